The van der Waals surface area contributed by atoms with Gasteiger partial charge in [-0.1, -0.05) is 56.9 Å². The fourth-order valence-corrected chi connectivity index (χ4v) is 0.385. The van der Waals surface area contributed by atoms with Gasteiger partial charge in [0, 0.05) is 0 Å². The van der Waals surface area contributed by atoms with Crippen molar-refractivity contribution in [3.05, 3.63) is 36.4 Å². The Kier molecular flexibility index (Phi) is 19.6. The summed E-state index contributed by atoms with van der Waals surface area (Å²) in [6, 6.07) is 12.0. The predicted octanol–water partition coefficient (Wildman–Crippen LogP) is 3.20. The van der Waals surface area contributed by atoms with Crippen molar-refractivity contribution in [1.82, 2.24) is 0 Å². The molecular formula is C9H17P. The highest BCUT2D eigenvalue weighted by Gasteiger charge is 1.57. The smallest absolute Gasteiger partial charge is 0.0500 e. The minimum absolute atomic E-state index is 1.92. The topological polar surface area (TPSA) is 0 Å². The maximum Gasteiger partial charge on any atom is -0.0500 e. The van der Waals surface area contributed by atoms with E-state index in [1.54, 1.807) is 0 Å². The molecule has 0 fully saturated rings. The summed E-state index contributed by atoms with van der Waals surface area (Å²) in [5.41, 5.74) is 0. The molecule has 0 aliphatic carbocycles. The molecule has 0 radical (unpaired) electrons. The monoisotopic (exact) mass is 156 g/mol. The average molecular weight is 156 g/mol. The van der Waals surface area contributed by atoms with Gasteiger partial charge in [0.2, 0.25) is 0 Å². The van der Waals surface area contributed by atoms with E-state index in [4.69, 9.17) is 0 Å². The van der Waals surface area contributed by atoms with Crippen molar-refractivity contribution in [1.29, 1.82) is 0 Å². The minimum Gasteiger partial charge on any atom is -0.141 e. The molecule has 0 aliphatic rings. The van der Waals surface area contributed by atoms with Crippen molar-refractivity contribution in [2.75, 3.05) is 6.66 Å². The Labute approximate surface area is 66.9 Å². The average Bonchev–Trinajstić information content (AvgIpc) is 2.14. The summed E-state index contributed by atoms with van der Waals surface area (Å²) in [6.45, 7) is 5.92. The van der Waals surface area contributed by atoms with Crippen LogP contribution in [0.3, 0.4) is 0 Å². The quantitative estimate of drug-likeness (QED) is 0.506. The number of hydrogen-bond donors (Lipinski definition) is 0. The maximum absolute atomic E-state index is 2.42. The molecule has 1 aromatic rings. The Morgan fingerprint density at radius 2 is 0.700 bits per heavy atom. The van der Waals surface area contributed by atoms with Gasteiger partial charge < -0.3 is 0 Å². The second-order valence-electron chi connectivity index (χ2n) is 1.15. The largest absolute Gasteiger partial charge is 0.141 e. The second-order valence-corrected chi connectivity index (χ2v) is 1.15. The summed E-state index contributed by atoms with van der Waals surface area (Å²) in [4.78, 5) is 0. The zero-order valence-electron chi connectivity index (χ0n) is 7.04. The lowest BCUT2D eigenvalue weighted by Crippen LogP contribution is -1.47. The van der Waals surface area contributed by atoms with Gasteiger partial charge in [-0.05, 0) is 0 Å². The third-order valence-electron chi connectivity index (χ3n) is 0.667. The van der Waals surface area contributed by atoms with Crippen LogP contribution >= 0.6 is 9.24 Å². The lowest BCUT2D eigenvalue weighted by atomic mass is 10.4. The second kappa shape index (κ2) is 15.9. The molecule has 0 amide bonds. The van der Waals surface area contributed by atoms with Gasteiger partial charge in [0.05, 0.1) is 0 Å². The fraction of sp³-hybridized carbons (Fsp3) is 0.333. The van der Waals surface area contributed by atoms with E-state index in [1.807, 2.05) is 56.9 Å². The van der Waals surface area contributed by atoms with Crippen molar-refractivity contribution in [3.63, 3.8) is 0 Å². The Morgan fingerprint density at radius 3 is 0.800 bits per heavy atom. The van der Waals surface area contributed by atoms with Gasteiger partial charge >= 0.3 is 0 Å². The lowest BCUT2D eigenvalue weighted by Gasteiger charge is -1.69. The van der Waals surface area contributed by atoms with Crippen LogP contribution in [0.2, 0.25) is 0 Å². The van der Waals surface area contributed by atoms with Gasteiger partial charge in [0.25, 0.3) is 0 Å². The number of benzene rings is 1. The molecule has 0 aliphatic heterocycles. The van der Waals surface area contributed by atoms with Crippen LogP contribution in [-0.2, 0) is 0 Å². The SMILES string of the molecule is CC.CP.c1ccccc1. The molecule has 1 atom stereocenters. The van der Waals surface area contributed by atoms with Crippen LogP contribution in [-0.4, -0.2) is 6.66 Å². The van der Waals surface area contributed by atoms with E-state index in [9.17, 15) is 0 Å². The highest BCUT2D eigenvalue weighted by molar-refractivity contribution is 7.15. The van der Waals surface area contributed by atoms with E-state index in [0.29, 0.717) is 0 Å². The summed E-state index contributed by atoms with van der Waals surface area (Å²) in [7, 11) is 2.42. The maximum atomic E-state index is 2.42. The normalized spacial score (nSPS) is 6.00. The van der Waals surface area contributed by atoms with Crippen molar-refractivity contribution < 1.29 is 0 Å². The van der Waals surface area contributed by atoms with Crippen LogP contribution in [0.15, 0.2) is 36.4 Å². The van der Waals surface area contributed by atoms with Crippen LogP contribution in [0.4, 0.5) is 0 Å². The molecule has 1 aromatic carbocycles. The zero-order valence-corrected chi connectivity index (χ0v) is 8.20. The van der Waals surface area contributed by atoms with Gasteiger partial charge in [-0.15, -0.1) is 9.24 Å². The van der Waals surface area contributed by atoms with E-state index in [-0.39, 0.29) is 0 Å². The first kappa shape index (κ1) is 12.3. The summed E-state index contributed by atoms with van der Waals surface area (Å²) in [6.07, 6.45) is 0. The molecule has 0 heterocycles. The first-order valence-corrected chi connectivity index (χ1v) is 4.73. The molecule has 0 nitrogen and oxygen atoms in total. The van der Waals surface area contributed by atoms with Crippen LogP contribution in [0.5, 0.6) is 0 Å². The van der Waals surface area contributed by atoms with Crippen LogP contribution in [0.25, 0.3) is 0 Å². The number of rotatable bonds is 0. The summed E-state index contributed by atoms with van der Waals surface area (Å²) < 4.78 is 0. The molecule has 1 heteroatoms. The van der Waals surface area contributed by atoms with Crippen molar-refractivity contribution >= 4 is 9.24 Å². The van der Waals surface area contributed by atoms with E-state index in [1.165, 1.54) is 0 Å². The first-order chi connectivity index (χ1) is 5.00. The minimum atomic E-state index is 1.92. The molecule has 0 N–H and O–H groups in total. The molecule has 1 rings (SSSR count). The Bertz CT molecular complexity index is 76.7. The van der Waals surface area contributed by atoms with Gasteiger partial charge in [-0.3, -0.25) is 0 Å². The molecule has 58 valence electrons. The van der Waals surface area contributed by atoms with Crippen molar-refractivity contribution in [3.8, 4) is 0 Å². The molecule has 10 heavy (non-hydrogen) atoms. The van der Waals surface area contributed by atoms with Gasteiger partial charge in [0.1, 0.15) is 0 Å². The highest BCUT2D eigenvalue weighted by Crippen LogP contribution is 1.79. The predicted molar refractivity (Wildman–Crippen MR) is 53.4 cm³/mol. The Morgan fingerprint density at radius 1 is 0.600 bits per heavy atom. The molecule has 0 aromatic heterocycles. The Balaban J connectivity index is 0. The lowest BCUT2D eigenvalue weighted by molar-refractivity contribution is 1.50. The molecule has 0 bridgehead atoms. The highest BCUT2D eigenvalue weighted by atomic mass is 31.0. The summed E-state index contributed by atoms with van der Waals surface area (Å²) in [5, 5.41) is 0. The van der Waals surface area contributed by atoms with Gasteiger partial charge in [0.15, 0.2) is 0 Å². The molecule has 0 saturated heterocycles. The Hall–Kier alpha value is -0.350. The fourth-order valence-electron chi connectivity index (χ4n) is 0.385. The van der Waals surface area contributed by atoms with Gasteiger partial charge in [-0.2, -0.15) is 0 Å². The summed E-state index contributed by atoms with van der Waals surface area (Å²) in [5.74, 6) is 0. The van der Waals surface area contributed by atoms with E-state index in [0.717, 1.165) is 0 Å². The standard InChI is InChI=1S/C6H6.C2H6.CH5P/c1-2-4-6-5-3-1;2*1-2/h1-6H;1-2H3;2H2,1H3. The number of hydrogen-bond acceptors (Lipinski definition) is 0. The van der Waals surface area contributed by atoms with Gasteiger partial charge in [-0.25, -0.2) is 0 Å². The molecular weight excluding hydrogens is 139 g/mol. The molecule has 0 saturated carbocycles. The van der Waals surface area contributed by atoms with Crippen LogP contribution in [0, 0.1) is 0 Å². The van der Waals surface area contributed by atoms with Crippen molar-refractivity contribution in [2.24, 2.45) is 0 Å². The molecule has 1 unspecified atom stereocenters. The van der Waals surface area contributed by atoms with E-state index >= 15 is 0 Å². The third-order valence-corrected chi connectivity index (χ3v) is 0.667. The van der Waals surface area contributed by atoms with Crippen LogP contribution in [0.1, 0.15) is 13.8 Å². The zero-order chi connectivity index (χ0) is 8.24. The van der Waals surface area contributed by atoms with Crippen LogP contribution < -0.4 is 0 Å². The summed E-state index contributed by atoms with van der Waals surface area (Å²) >= 11 is 0. The first-order valence-electron chi connectivity index (χ1n) is 3.58. The van der Waals surface area contributed by atoms with Crippen molar-refractivity contribution in [2.45, 2.75) is 13.8 Å². The van der Waals surface area contributed by atoms with E-state index in [2.05, 4.69) is 9.24 Å². The molecule has 0 spiro atoms. The third kappa shape index (κ3) is 10.6. The van der Waals surface area contributed by atoms with E-state index < -0.39 is 0 Å².